The van der Waals surface area contributed by atoms with E-state index in [1.807, 2.05) is 25.1 Å². The van der Waals surface area contributed by atoms with Gasteiger partial charge >= 0.3 is 0 Å². The van der Waals surface area contributed by atoms with Crippen molar-refractivity contribution in [2.75, 3.05) is 12.8 Å². The molecule has 0 spiro atoms. The number of rotatable bonds is 2. The fraction of sp³-hybridized carbons (Fsp3) is 0.200. The van der Waals surface area contributed by atoms with Gasteiger partial charge in [0.05, 0.1) is 18.5 Å². The quantitative estimate of drug-likeness (QED) is 0.914. The van der Waals surface area contributed by atoms with Gasteiger partial charge in [-0.2, -0.15) is 0 Å². The average molecular weight is 283 g/mol. The van der Waals surface area contributed by atoms with Crippen LogP contribution in [0.2, 0.25) is 0 Å². The Bertz CT molecular complexity index is 524. The number of methoxy groups -OCH3 is 1. The number of nitrogens with zero attached hydrogens (tertiary/aromatic N) is 3. The fourth-order valence-corrected chi connectivity index (χ4v) is 1.77. The highest BCUT2D eigenvalue weighted by Gasteiger charge is 2.10. The lowest BCUT2D eigenvalue weighted by molar-refractivity contribution is 0.414. The van der Waals surface area contributed by atoms with E-state index in [2.05, 4.69) is 26.2 Å². The van der Waals surface area contributed by atoms with Crippen molar-refractivity contribution in [3.05, 3.63) is 28.4 Å². The van der Waals surface area contributed by atoms with Gasteiger partial charge in [-0.05, 0) is 35.0 Å². The lowest BCUT2D eigenvalue weighted by Crippen LogP contribution is -2.01. The van der Waals surface area contributed by atoms with Gasteiger partial charge in [0.25, 0.3) is 0 Å². The van der Waals surface area contributed by atoms with Gasteiger partial charge < -0.3 is 10.5 Å². The summed E-state index contributed by atoms with van der Waals surface area (Å²) in [6, 6.07) is 5.62. The molecule has 0 atom stereocenters. The van der Waals surface area contributed by atoms with E-state index in [0.29, 0.717) is 5.82 Å². The molecule has 0 aliphatic heterocycles. The molecule has 0 fully saturated rings. The summed E-state index contributed by atoms with van der Waals surface area (Å²) in [5, 5.41) is 7.80. The summed E-state index contributed by atoms with van der Waals surface area (Å²) in [4.78, 5) is 0. The van der Waals surface area contributed by atoms with Crippen LogP contribution in [0.1, 0.15) is 5.69 Å². The van der Waals surface area contributed by atoms with Crippen LogP contribution in [0.4, 0.5) is 5.82 Å². The second-order valence-electron chi connectivity index (χ2n) is 3.29. The van der Waals surface area contributed by atoms with Gasteiger partial charge in [-0.25, -0.2) is 4.68 Å². The van der Waals surface area contributed by atoms with Crippen LogP contribution in [-0.2, 0) is 0 Å². The zero-order valence-corrected chi connectivity index (χ0v) is 10.5. The topological polar surface area (TPSA) is 66.0 Å². The second-order valence-corrected chi connectivity index (χ2v) is 4.14. The maximum atomic E-state index is 5.66. The molecule has 0 radical (unpaired) electrons. The van der Waals surface area contributed by atoms with Crippen LogP contribution in [0.3, 0.4) is 0 Å². The van der Waals surface area contributed by atoms with Crippen molar-refractivity contribution in [2.24, 2.45) is 0 Å². The molecule has 1 aromatic carbocycles. The van der Waals surface area contributed by atoms with E-state index in [9.17, 15) is 0 Å². The third-order valence-corrected chi connectivity index (χ3v) is 2.98. The third-order valence-electron chi connectivity index (χ3n) is 2.31. The van der Waals surface area contributed by atoms with Gasteiger partial charge in [-0.15, -0.1) is 5.10 Å². The number of nitrogen functional groups attached to an aromatic ring is 1. The number of aromatic nitrogens is 3. The van der Waals surface area contributed by atoms with Crippen molar-refractivity contribution in [1.82, 2.24) is 15.0 Å². The van der Waals surface area contributed by atoms with Gasteiger partial charge in [0, 0.05) is 10.5 Å². The molecule has 0 bridgehead atoms. The molecule has 1 heterocycles. The van der Waals surface area contributed by atoms with Crippen molar-refractivity contribution in [1.29, 1.82) is 0 Å². The fourth-order valence-electron chi connectivity index (χ4n) is 1.35. The molecule has 1 aromatic heterocycles. The number of ether oxygens (including phenoxy) is 1. The Morgan fingerprint density at radius 2 is 2.19 bits per heavy atom. The monoisotopic (exact) mass is 282 g/mol. The van der Waals surface area contributed by atoms with E-state index in [4.69, 9.17) is 10.5 Å². The Hall–Kier alpha value is -1.56. The molecular formula is C10H11BrN4O. The van der Waals surface area contributed by atoms with E-state index in [1.54, 1.807) is 11.8 Å². The molecule has 0 unspecified atom stereocenters. The minimum absolute atomic E-state index is 0.426. The predicted molar refractivity (Wildman–Crippen MR) is 64.8 cm³/mol. The van der Waals surface area contributed by atoms with Crippen LogP contribution >= 0.6 is 15.9 Å². The smallest absolute Gasteiger partial charge is 0.169 e. The van der Waals surface area contributed by atoms with Crippen LogP contribution in [0.25, 0.3) is 5.69 Å². The van der Waals surface area contributed by atoms with Crippen molar-refractivity contribution < 1.29 is 4.74 Å². The minimum atomic E-state index is 0.426. The van der Waals surface area contributed by atoms with Gasteiger partial charge in [0.1, 0.15) is 5.75 Å². The number of hydrogen-bond acceptors (Lipinski definition) is 4. The average Bonchev–Trinajstić information content (AvgIpc) is 2.61. The summed E-state index contributed by atoms with van der Waals surface area (Å²) >= 11 is 3.45. The molecule has 2 aromatic rings. The minimum Gasteiger partial charge on any atom is -0.497 e. The Morgan fingerprint density at radius 1 is 1.44 bits per heavy atom. The van der Waals surface area contributed by atoms with Gasteiger partial charge in [0.15, 0.2) is 5.82 Å². The second kappa shape index (κ2) is 4.13. The molecule has 0 saturated heterocycles. The first-order chi connectivity index (χ1) is 7.63. The number of benzene rings is 1. The first kappa shape index (κ1) is 10.9. The number of hydrogen-bond donors (Lipinski definition) is 1. The summed E-state index contributed by atoms with van der Waals surface area (Å²) < 4.78 is 7.74. The third kappa shape index (κ3) is 1.76. The van der Waals surface area contributed by atoms with Crippen molar-refractivity contribution in [3.8, 4) is 11.4 Å². The Labute approximate surface area is 101 Å². The zero-order chi connectivity index (χ0) is 11.7. The predicted octanol–water partition coefficient (Wildman–Crippen LogP) is 1.93. The number of halogens is 1. The highest BCUT2D eigenvalue weighted by atomic mass is 79.9. The van der Waals surface area contributed by atoms with Gasteiger partial charge in [0.2, 0.25) is 0 Å². The van der Waals surface area contributed by atoms with E-state index < -0.39 is 0 Å². The first-order valence-corrected chi connectivity index (χ1v) is 5.44. The van der Waals surface area contributed by atoms with Gasteiger partial charge in [-0.1, -0.05) is 5.21 Å². The zero-order valence-electron chi connectivity index (χ0n) is 8.94. The molecule has 16 heavy (non-hydrogen) atoms. The molecular weight excluding hydrogens is 272 g/mol. The lowest BCUT2D eigenvalue weighted by Gasteiger charge is -2.08. The molecule has 0 amide bonds. The van der Waals surface area contributed by atoms with Crippen LogP contribution in [0.5, 0.6) is 5.75 Å². The maximum Gasteiger partial charge on any atom is 0.169 e. The summed E-state index contributed by atoms with van der Waals surface area (Å²) in [5.41, 5.74) is 7.31. The number of anilines is 1. The van der Waals surface area contributed by atoms with Crippen LogP contribution in [0.15, 0.2) is 22.7 Å². The Morgan fingerprint density at radius 3 is 2.75 bits per heavy atom. The highest BCUT2D eigenvalue weighted by molar-refractivity contribution is 9.10. The van der Waals surface area contributed by atoms with Gasteiger partial charge in [-0.3, -0.25) is 0 Å². The molecule has 84 valence electrons. The maximum absolute atomic E-state index is 5.66. The summed E-state index contributed by atoms with van der Waals surface area (Å²) in [5.74, 6) is 1.18. The van der Waals surface area contributed by atoms with Crippen LogP contribution in [0, 0.1) is 6.92 Å². The SMILES string of the molecule is COc1ccc(Br)c(-n2nnc(N)c2C)c1. The molecule has 2 rings (SSSR count). The largest absolute Gasteiger partial charge is 0.497 e. The van der Waals surface area contributed by atoms with Crippen LogP contribution in [-0.4, -0.2) is 22.1 Å². The molecule has 0 aliphatic carbocycles. The molecule has 5 nitrogen and oxygen atoms in total. The number of nitrogens with two attached hydrogens (primary N) is 1. The summed E-state index contributed by atoms with van der Waals surface area (Å²) in [6.07, 6.45) is 0. The summed E-state index contributed by atoms with van der Waals surface area (Å²) in [7, 11) is 1.62. The lowest BCUT2D eigenvalue weighted by atomic mass is 10.3. The molecule has 0 saturated carbocycles. The van der Waals surface area contributed by atoms with E-state index >= 15 is 0 Å². The molecule has 6 heteroatoms. The van der Waals surface area contributed by atoms with E-state index in [0.717, 1.165) is 21.6 Å². The summed E-state index contributed by atoms with van der Waals surface area (Å²) in [6.45, 7) is 1.86. The van der Waals surface area contributed by atoms with E-state index in [1.165, 1.54) is 0 Å². The standard InChI is InChI=1S/C10H11BrN4O/c1-6-10(12)13-14-15(6)9-5-7(16-2)3-4-8(9)11/h3-5H,12H2,1-2H3. The van der Waals surface area contributed by atoms with E-state index in [-0.39, 0.29) is 0 Å². The Balaban J connectivity index is 2.59. The first-order valence-electron chi connectivity index (χ1n) is 4.65. The molecule has 0 aliphatic rings. The van der Waals surface area contributed by atoms with Crippen molar-refractivity contribution in [3.63, 3.8) is 0 Å². The van der Waals surface area contributed by atoms with Crippen molar-refractivity contribution >= 4 is 21.7 Å². The highest BCUT2D eigenvalue weighted by Crippen LogP contribution is 2.26. The normalized spacial score (nSPS) is 10.4. The van der Waals surface area contributed by atoms with Crippen molar-refractivity contribution in [2.45, 2.75) is 6.92 Å². The Kier molecular flexibility index (Phi) is 2.82. The van der Waals surface area contributed by atoms with Crippen LogP contribution < -0.4 is 10.5 Å². The molecule has 2 N–H and O–H groups in total.